The Balaban J connectivity index is 1.61. The fourth-order valence-electron chi connectivity index (χ4n) is 2.50. The lowest BCUT2D eigenvalue weighted by atomic mass is 10.1. The van der Waals surface area contributed by atoms with Crippen LogP contribution in [0.5, 0.6) is 5.75 Å². The lowest BCUT2D eigenvalue weighted by Gasteiger charge is -2.09. The van der Waals surface area contributed by atoms with E-state index in [1.807, 2.05) is 4.68 Å². The first-order chi connectivity index (χ1) is 9.74. The molecule has 5 heteroatoms. The normalized spacial score (nSPS) is 17.0. The Labute approximate surface area is 119 Å². The fraction of sp³-hybridized carbons (Fsp3) is 0.467. The average molecular weight is 272 g/mol. The van der Waals surface area contributed by atoms with Crippen LogP contribution in [0.3, 0.4) is 0 Å². The van der Waals surface area contributed by atoms with Gasteiger partial charge in [-0.05, 0) is 25.1 Å². The van der Waals surface area contributed by atoms with Gasteiger partial charge in [0.2, 0.25) is 0 Å². The van der Waals surface area contributed by atoms with Crippen LogP contribution in [-0.2, 0) is 19.5 Å². The number of nitrogens with zero attached hydrogens (tertiary/aromatic N) is 3. The van der Waals surface area contributed by atoms with Crippen molar-refractivity contribution in [1.29, 1.82) is 0 Å². The first kappa shape index (κ1) is 13.1. The number of nitrogens with one attached hydrogen (secondary N) is 1. The number of hydrogen-bond donors (Lipinski definition) is 1. The summed E-state index contributed by atoms with van der Waals surface area (Å²) in [5.41, 5.74) is 2.57. The molecule has 1 unspecified atom stereocenters. The second kappa shape index (κ2) is 5.63. The quantitative estimate of drug-likeness (QED) is 0.900. The number of benzene rings is 1. The van der Waals surface area contributed by atoms with Gasteiger partial charge in [0.1, 0.15) is 18.2 Å². The summed E-state index contributed by atoms with van der Waals surface area (Å²) in [6.07, 6.45) is 2.88. The molecule has 20 heavy (non-hydrogen) atoms. The zero-order valence-corrected chi connectivity index (χ0v) is 12.0. The molecule has 1 aromatic heterocycles. The van der Waals surface area contributed by atoms with Crippen LogP contribution < -0.4 is 10.1 Å². The molecule has 0 fully saturated rings. The summed E-state index contributed by atoms with van der Waals surface area (Å²) < 4.78 is 7.82. The van der Waals surface area contributed by atoms with E-state index in [9.17, 15) is 0 Å². The predicted molar refractivity (Wildman–Crippen MR) is 76.7 cm³/mol. The smallest absolute Gasteiger partial charge is 0.164 e. The van der Waals surface area contributed by atoms with Gasteiger partial charge in [0, 0.05) is 6.42 Å². The zero-order chi connectivity index (χ0) is 13.9. The molecule has 5 nitrogen and oxygen atoms in total. The number of rotatable bonds is 5. The third kappa shape index (κ3) is 2.82. The number of fused-ring (bicyclic) bond motifs is 1. The van der Waals surface area contributed by atoms with Crippen LogP contribution in [0.2, 0.25) is 0 Å². The summed E-state index contributed by atoms with van der Waals surface area (Å²) >= 11 is 0. The molecule has 106 valence electrons. The maximum Gasteiger partial charge on any atom is 0.164 e. The first-order valence-electron chi connectivity index (χ1n) is 7.10. The molecule has 0 radical (unpaired) electrons. The van der Waals surface area contributed by atoms with Gasteiger partial charge >= 0.3 is 0 Å². The Morgan fingerprint density at radius 3 is 3.20 bits per heavy atom. The third-order valence-electron chi connectivity index (χ3n) is 3.46. The van der Waals surface area contributed by atoms with Gasteiger partial charge in [0.25, 0.3) is 0 Å². The van der Waals surface area contributed by atoms with Crippen LogP contribution in [0.1, 0.15) is 23.9 Å². The minimum absolute atomic E-state index is 0.153. The Kier molecular flexibility index (Phi) is 3.69. The monoisotopic (exact) mass is 272 g/mol. The van der Waals surface area contributed by atoms with Crippen molar-refractivity contribution in [2.75, 3.05) is 6.54 Å². The molecule has 0 aliphatic carbocycles. The highest BCUT2D eigenvalue weighted by molar-refractivity contribution is 5.40. The molecule has 1 aliphatic rings. The van der Waals surface area contributed by atoms with Crippen LogP contribution in [0.15, 0.2) is 24.5 Å². The number of aromatic nitrogens is 3. The number of hydrogen-bond acceptors (Lipinski definition) is 4. The fourth-order valence-corrected chi connectivity index (χ4v) is 2.50. The molecule has 1 aromatic carbocycles. The Morgan fingerprint density at radius 2 is 2.35 bits per heavy atom. The van der Waals surface area contributed by atoms with Gasteiger partial charge in [-0.3, -0.25) is 0 Å². The summed E-state index contributed by atoms with van der Waals surface area (Å²) in [7, 11) is 0. The van der Waals surface area contributed by atoms with Gasteiger partial charge in [-0.2, -0.15) is 5.10 Å². The van der Waals surface area contributed by atoms with Crippen molar-refractivity contribution in [3.63, 3.8) is 0 Å². The number of aryl methyl sites for hydroxylation is 1. The van der Waals surface area contributed by atoms with Crippen LogP contribution in [-0.4, -0.2) is 27.4 Å². The second-order valence-corrected chi connectivity index (χ2v) is 5.22. The molecule has 2 heterocycles. The van der Waals surface area contributed by atoms with Crippen molar-refractivity contribution >= 4 is 0 Å². The Bertz CT molecular complexity index is 593. The molecule has 1 atom stereocenters. The zero-order valence-electron chi connectivity index (χ0n) is 12.0. The Morgan fingerprint density at radius 1 is 1.45 bits per heavy atom. The molecule has 3 rings (SSSR count). The molecule has 0 spiro atoms. The molecule has 2 aromatic rings. The van der Waals surface area contributed by atoms with Crippen molar-refractivity contribution in [1.82, 2.24) is 20.1 Å². The van der Waals surface area contributed by atoms with Crippen LogP contribution in [0.4, 0.5) is 0 Å². The van der Waals surface area contributed by atoms with Crippen LogP contribution in [0, 0.1) is 6.92 Å². The van der Waals surface area contributed by atoms with E-state index in [0.29, 0.717) is 6.54 Å². The van der Waals surface area contributed by atoms with Crippen LogP contribution in [0.25, 0.3) is 0 Å². The minimum atomic E-state index is 0.153. The van der Waals surface area contributed by atoms with Gasteiger partial charge in [-0.15, -0.1) is 0 Å². The molecule has 0 saturated carbocycles. The molecule has 0 saturated heterocycles. The topological polar surface area (TPSA) is 52.0 Å². The maximum absolute atomic E-state index is 5.95. The highest BCUT2D eigenvalue weighted by atomic mass is 16.5. The Hall–Kier alpha value is -1.88. The highest BCUT2D eigenvalue weighted by Gasteiger charge is 2.23. The molecule has 0 bridgehead atoms. The van der Waals surface area contributed by atoms with E-state index in [0.717, 1.165) is 31.1 Å². The van der Waals surface area contributed by atoms with E-state index in [2.05, 4.69) is 47.4 Å². The first-order valence-corrected chi connectivity index (χ1v) is 7.10. The van der Waals surface area contributed by atoms with E-state index < -0.39 is 0 Å². The largest absolute Gasteiger partial charge is 0.488 e. The molecular formula is C15H20N4O. The third-order valence-corrected chi connectivity index (χ3v) is 3.46. The SMILES string of the molecule is CCNCc1ncn(CC2Cc3cc(C)ccc3O2)n1. The lowest BCUT2D eigenvalue weighted by Crippen LogP contribution is -2.21. The summed E-state index contributed by atoms with van der Waals surface area (Å²) in [6.45, 7) is 6.57. The van der Waals surface area contributed by atoms with Crippen LogP contribution >= 0.6 is 0 Å². The molecule has 0 amide bonds. The van der Waals surface area contributed by atoms with E-state index in [4.69, 9.17) is 4.74 Å². The summed E-state index contributed by atoms with van der Waals surface area (Å²) in [5.74, 6) is 1.84. The molecular weight excluding hydrogens is 252 g/mol. The van der Waals surface area contributed by atoms with Gasteiger partial charge in [0.15, 0.2) is 5.82 Å². The van der Waals surface area contributed by atoms with Crippen molar-refractivity contribution in [2.24, 2.45) is 0 Å². The van der Waals surface area contributed by atoms with Crippen molar-refractivity contribution < 1.29 is 4.74 Å². The van der Waals surface area contributed by atoms with Gasteiger partial charge < -0.3 is 10.1 Å². The second-order valence-electron chi connectivity index (χ2n) is 5.22. The van der Waals surface area contributed by atoms with Gasteiger partial charge in [-0.1, -0.05) is 24.6 Å². The minimum Gasteiger partial charge on any atom is -0.488 e. The lowest BCUT2D eigenvalue weighted by molar-refractivity contribution is 0.203. The number of ether oxygens (including phenoxy) is 1. The standard InChI is InChI=1S/C15H20N4O/c1-3-16-8-15-17-10-19(18-15)9-13-7-12-6-11(2)4-5-14(12)20-13/h4-6,10,13,16H,3,7-9H2,1-2H3. The van der Waals surface area contributed by atoms with E-state index in [1.165, 1.54) is 11.1 Å². The summed E-state index contributed by atoms with van der Waals surface area (Å²) in [4.78, 5) is 4.29. The summed E-state index contributed by atoms with van der Waals surface area (Å²) in [5, 5.41) is 7.68. The average Bonchev–Trinajstić information content (AvgIpc) is 3.02. The van der Waals surface area contributed by atoms with Crippen molar-refractivity contribution in [3.05, 3.63) is 41.5 Å². The van der Waals surface area contributed by atoms with E-state index in [1.54, 1.807) is 6.33 Å². The van der Waals surface area contributed by atoms with E-state index >= 15 is 0 Å². The van der Waals surface area contributed by atoms with E-state index in [-0.39, 0.29) is 6.10 Å². The molecule has 1 aliphatic heterocycles. The predicted octanol–water partition coefficient (Wildman–Crippen LogP) is 1.70. The maximum atomic E-state index is 5.95. The summed E-state index contributed by atoms with van der Waals surface area (Å²) in [6, 6.07) is 6.35. The van der Waals surface area contributed by atoms with Gasteiger partial charge in [0.05, 0.1) is 13.1 Å². The van der Waals surface area contributed by atoms with Gasteiger partial charge in [-0.25, -0.2) is 9.67 Å². The van der Waals surface area contributed by atoms with Crippen molar-refractivity contribution in [2.45, 2.75) is 39.5 Å². The molecule has 1 N–H and O–H groups in total. The van der Waals surface area contributed by atoms with Crippen molar-refractivity contribution in [3.8, 4) is 5.75 Å². The highest BCUT2D eigenvalue weighted by Crippen LogP contribution is 2.29.